The minimum absolute atomic E-state index is 0.0286. The topological polar surface area (TPSA) is 93.0 Å². The molecule has 72 valence electrons. The molecule has 0 radical (unpaired) electrons. The normalized spacial score (nSPS) is 26.3. The van der Waals surface area contributed by atoms with Gasteiger partial charge in [-0.25, -0.2) is 13.2 Å². The first-order valence-electron chi connectivity index (χ1n) is 3.83. The third-order valence-corrected chi connectivity index (χ3v) is 3.80. The van der Waals surface area contributed by atoms with Gasteiger partial charge in [0.1, 0.15) is 0 Å². The smallest absolute Gasteiger partial charge is 0.362 e. The van der Waals surface area contributed by atoms with Gasteiger partial charge < -0.3 is 4.52 Å². The number of aromatic amines is 1. The standard InChI is InChI=1S/C6H8N2O4S/c9-6-7-5(12-8-6)4-1-2-13(10,11)3-4/h4H,1-3H2,(H,8,9). The van der Waals surface area contributed by atoms with E-state index in [2.05, 4.69) is 4.98 Å². The molecule has 2 rings (SSSR count). The van der Waals surface area contributed by atoms with Gasteiger partial charge in [0, 0.05) is 0 Å². The number of rotatable bonds is 1. The predicted molar refractivity (Wildman–Crippen MR) is 43.1 cm³/mol. The molecule has 0 bridgehead atoms. The number of nitrogens with zero attached hydrogens (tertiary/aromatic N) is 1. The summed E-state index contributed by atoms with van der Waals surface area (Å²) in [5.74, 6) is 0.115. The zero-order chi connectivity index (χ0) is 9.47. The van der Waals surface area contributed by atoms with Gasteiger partial charge in [0.05, 0.1) is 17.4 Å². The molecular formula is C6H8N2O4S. The van der Waals surface area contributed by atoms with Crippen LogP contribution in [0.15, 0.2) is 9.32 Å². The van der Waals surface area contributed by atoms with E-state index in [1.54, 1.807) is 0 Å². The van der Waals surface area contributed by atoms with Gasteiger partial charge in [-0.1, -0.05) is 0 Å². The summed E-state index contributed by atoms with van der Waals surface area (Å²) >= 11 is 0. The van der Waals surface area contributed by atoms with Gasteiger partial charge in [-0.15, -0.1) is 0 Å². The molecule has 1 aromatic heterocycles. The Labute approximate surface area is 73.9 Å². The highest BCUT2D eigenvalue weighted by molar-refractivity contribution is 7.91. The van der Waals surface area contributed by atoms with E-state index in [1.807, 2.05) is 5.16 Å². The zero-order valence-electron chi connectivity index (χ0n) is 6.69. The summed E-state index contributed by atoms with van der Waals surface area (Å²) in [6.45, 7) is 0. The van der Waals surface area contributed by atoms with E-state index in [0.717, 1.165) is 0 Å². The largest absolute Gasteiger partial charge is 0.377 e. The Morgan fingerprint density at radius 2 is 2.31 bits per heavy atom. The molecule has 1 N–H and O–H groups in total. The van der Waals surface area contributed by atoms with E-state index < -0.39 is 15.5 Å². The minimum Gasteiger partial charge on any atom is -0.362 e. The van der Waals surface area contributed by atoms with Crippen molar-refractivity contribution in [1.82, 2.24) is 10.1 Å². The summed E-state index contributed by atoms with van der Waals surface area (Å²) in [7, 11) is -2.95. The van der Waals surface area contributed by atoms with E-state index in [9.17, 15) is 13.2 Å². The van der Waals surface area contributed by atoms with Gasteiger partial charge in [-0.2, -0.15) is 10.1 Å². The Morgan fingerprint density at radius 1 is 1.54 bits per heavy atom. The third-order valence-electron chi connectivity index (χ3n) is 2.04. The zero-order valence-corrected chi connectivity index (χ0v) is 7.50. The van der Waals surface area contributed by atoms with E-state index in [4.69, 9.17) is 4.52 Å². The van der Waals surface area contributed by atoms with Gasteiger partial charge in [-0.05, 0) is 6.42 Å². The summed E-state index contributed by atoms with van der Waals surface area (Å²) in [5.41, 5.74) is -0.570. The molecule has 1 atom stereocenters. The van der Waals surface area contributed by atoms with Gasteiger partial charge in [0.2, 0.25) is 5.89 Å². The average molecular weight is 204 g/mol. The van der Waals surface area contributed by atoms with Crippen LogP contribution < -0.4 is 5.69 Å². The quantitative estimate of drug-likeness (QED) is 0.650. The fourth-order valence-electron chi connectivity index (χ4n) is 1.41. The Kier molecular flexibility index (Phi) is 1.76. The first kappa shape index (κ1) is 8.49. The average Bonchev–Trinajstić information content (AvgIpc) is 2.56. The number of hydrogen-bond donors (Lipinski definition) is 1. The van der Waals surface area contributed by atoms with Crippen molar-refractivity contribution in [2.75, 3.05) is 11.5 Å². The van der Waals surface area contributed by atoms with Gasteiger partial charge >= 0.3 is 5.69 Å². The number of nitrogens with one attached hydrogen (secondary N) is 1. The van der Waals surface area contributed by atoms with Crippen molar-refractivity contribution < 1.29 is 12.9 Å². The van der Waals surface area contributed by atoms with E-state index in [0.29, 0.717) is 6.42 Å². The highest BCUT2D eigenvalue weighted by atomic mass is 32.2. The van der Waals surface area contributed by atoms with Gasteiger partial charge in [0.25, 0.3) is 0 Å². The number of H-pyrrole nitrogens is 1. The fraction of sp³-hybridized carbons (Fsp3) is 0.667. The molecule has 1 aromatic rings. The second-order valence-electron chi connectivity index (χ2n) is 3.06. The molecule has 0 aliphatic carbocycles. The molecule has 0 aromatic carbocycles. The van der Waals surface area contributed by atoms with Crippen LogP contribution in [0.25, 0.3) is 0 Å². The second-order valence-corrected chi connectivity index (χ2v) is 5.29. The van der Waals surface area contributed by atoms with Gasteiger partial charge in [-0.3, -0.25) is 0 Å². The summed E-state index contributed by atoms with van der Waals surface area (Å²) in [5, 5.41) is 2.04. The van der Waals surface area contributed by atoms with Crippen LogP contribution in [0.1, 0.15) is 18.2 Å². The van der Waals surface area contributed by atoms with Crippen LogP contribution in [0.4, 0.5) is 0 Å². The van der Waals surface area contributed by atoms with Crippen molar-refractivity contribution in [3.63, 3.8) is 0 Å². The second kappa shape index (κ2) is 2.69. The SMILES string of the molecule is O=c1nc(C2CCS(=O)(=O)C2)o[nH]1. The van der Waals surface area contributed by atoms with Crippen LogP contribution in [0.2, 0.25) is 0 Å². The molecular weight excluding hydrogens is 196 g/mol. The van der Waals surface area contributed by atoms with E-state index in [1.165, 1.54) is 0 Å². The maximum absolute atomic E-state index is 11.1. The highest BCUT2D eigenvalue weighted by Crippen LogP contribution is 2.26. The van der Waals surface area contributed by atoms with Crippen molar-refractivity contribution in [2.24, 2.45) is 0 Å². The maximum atomic E-state index is 11.1. The van der Waals surface area contributed by atoms with E-state index >= 15 is 0 Å². The molecule has 1 aliphatic rings. The first-order valence-corrected chi connectivity index (χ1v) is 5.65. The fourth-order valence-corrected chi connectivity index (χ4v) is 3.14. The van der Waals surface area contributed by atoms with Crippen molar-refractivity contribution in [2.45, 2.75) is 12.3 Å². The lowest BCUT2D eigenvalue weighted by molar-refractivity contribution is 0.357. The molecule has 1 unspecified atom stereocenters. The molecule has 0 spiro atoms. The van der Waals surface area contributed by atoms with Crippen LogP contribution in [-0.4, -0.2) is 30.1 Å². The highest BCUT2D eigenvalue weighted by Gasteiger charge is 2.32. The van der Waals surface area contributed by atoms with Crippen molar-refractivity contribution in [3.05, 3.63) is 16.4 Å². The van der Waals surface area contributed by atoms with Crippen LogP contribution in [-0.2, 0) is 9.84 Å². The summed E-state index contributed by atoms with van der Waals surface area (Å²) in [6.07, 6.45) is 0.482. The first-order chi connectivity index (χ1) is 6.07. The number of sulfone groups is 1. The summed E-state index contributed by atoms with van der Waals surface area (Å²) in [6, 6.07) is 0. The lowest BCUT2D eigenvalue weighted by Crippen LogP contribution is -2.06. The molecule has 0 amide bonds. The molecule has 0 saturated carbocycles. The number of aromatic nitrogens is 2. The predicted octanol–water partition coefficient (Wildman–Crippen LogP) is -0.735. The molecule has 6 nitrogen and oxygen atoms in total. The lowest BCUT2D eigenvalue weighted by atomic mass is 10.1. The molecule has 2 heterocycles. The Hall–Kier alpha value is -1.11. The van der Waals surface area contributed by atoms with Crippen LogP contribution in [0.3, 0.4) is 0 Å². The Morgan fingerprint density at radius 3 is 2.77 bits per heavy atom. The molecule has 7 heteroatoms. The maximum Gasteiger partial charge on any atom is 0.377 e. The lowest BCUT2D eigenvalue weighted by Gasteiger charge is -1.97. The van der Waals surface area contributed by atoms with Crippen LogP contribution in [0, 0.1) is 0 Å². The monoisotopic (exact) mass is 204 g/mol. The van der Waals surface area contributed by atoms with Crippen LogP contribution >= 0.6 is 0 Å². The molecule has 13 heavy (non-hydrogen) atoms. The molecule has 1 saturated heterocycles. The van der Waals surface area contributed by atoms with Gasteiger partial charge in [0.15, 0.2) is 9.84 Å². The van der Waals surface area contributed by atoms with Crippen molar-refractivity contribution in [3.8, 4) is 0 Å². The van der Waals surface area contributed by atoms with Crippen molar-refractivity contribution >= 4 is 9.84 Å². The summed E-state index contributed by atoms with van der Waals surface area (Å²) < 4.78 is 26.9. The van der Waals surface area contributed by atoms with Crippen LogP contribution in [0.5, 0.6) is 0 Å². The molecule has 1 fully saturated rings. The third kappa shape index (κ3) is 1.64. The van der Waals surface area contributed by atoms with Crippen molar-refractivity contribution in [1.29, 1.82) is 0 Å². The Bertz CT molecular complexity index is 457. The Balaban J connectivity index is 2.26. The molecule has 1 aliphatic heterocycles. The number of hydrogen-bond acceptors (Lipinski definition) is 5. The summed E-state index contributed by atoms with van der Waals surface area (Å²) in [4.78, 5) is 14.1. The van der Waals surface area contributed by atoms with E-state index in [-0.39, 0.29) is 23.3 Å². The minimum atomic E-state index is -2.95.